The van der Waals surface area contributed by atoms with E-state index in [1.54, 1.807) is 18.2 Å². The van der Waals surface area contributed by atoms with Crippen LogP contribution in [0.4, 0.5) is 17.1 Å². The predicted octanol–water partition coefficient (Wildman–Crippen LogP) is 3.32. The molecule has 2 aromatic carbocycles. The molecule has 0 aliphatic heterocycles. The van der Waals surface area contributed by atoms with Gasteiger partial charge in [0.15, 0.2) is 0 Å². The van der Waals surface area contributed by atoms with Gasteiger partial charge in [0.05, 0.1) is 36.4 Å². The molecule has 0 aromatic heterocycles. The third-order valence-corrected chi connectivity index (χ3v) is 3.56. The Labute approximate surface area is 148 Å². The highest BCUT2D eigenvalue weighted by molar-refractivity contribution is 6.32. The summed E-state index contributed by atoms with van der Waals surface area (Å²) >= 11 is 6.00. The second-order valence-electron chi connectivity index (χ2n) is 4.89. The second-order valence-corrected chi connectivity index (χ2v) is 5.30. The van der Waals surface area contributed by atoms with Gasteiger partial charge in [-0.1, -0.05) is 11.6 Å². The lowest BCUT2D eigenvalue weighted by atomic mass is 10.2. The number of nitro groups is 1. The summed E-state index contributed by atoms with van der Waals surface area (Å²) in [5.74, 6) is 0.541. The van der Waals surface area contributed by atoms with Gasteiger partial charge >= 0.3 is 0 Å². The number of hydrogen-bond donors (Lipinski definition) is 2. The van der Waals surface area contributed by atoms with Crippen molar-refractivity contribution in [3.05, 3.63) is 51.5 Å². The number of amides is 1. The average Bonchev–Trinajstić information content (AvgIpc) is 2.59. The lowest BCUT2D eigenvalue weighted by Crippen LogP contribution is -2.22. The monoisotopic (exact) mass is 365 g/mol. The molecular formula is C16H16ClN3O5. The van der Waals surface area contributed by atoms with Gasteiger partial charge in [-0.25, -0.2) is 0 Å². The van der Waals surface area contributed by atoms with Crippen molar-refractivity contribution >= 4 is 34.6 Å². The number of nitrogens with one attached hydrogen (secondary N) is 2. The number of halogens is 1. The molecule has 0 aliphatic carbocycles. The van der Waals surface area contributed by atoms with Gasteiger partial charge in [-0.3, -0.25) is 14.9 Å². The van der Waals surface area contributed by atoms with Crippen molar-refractivity contribution in [2.75, 3.05) is 31.4 Å². The van der Waals surface area contributed by atoms with E-state index in [-0.39, 0.29) is 18.1 Å². The molecule has 0 bridgehead atoms. The first-order chi connectivity index (χ1) is 11.9. The summed E-state index contributed by atoms with van der Waals surface area (Å²) in [6.07, 6.45) is 0. The molecule has 132 valence electrons. The number of carbonyl (C=O) groups is 1. The number of ether oxygens (including phenoxy) is 2. The van der Waals surface area contributed by atoms with Crippen LogP contribution in [0, 0.1) is 10.1 Å². The number of rotatable bonds is 7. The molecule has 1 amide bonds. The summed E-state index contributed by atoms with van der Waals surface area (Å²) in [4.78, 5) is 22.4. The van der Waals surface area contributed by atoms with E-state index in [0.717, 1.165) is 0 Å². The van der Waals surface area contributed by atoms with Gasteiger partial charge in [-0.15, -0.1) is 0 Å². The lowest BCUT2D eigenvalue weighted by molar-refractivity contribution is -0.384. The first kappa shape index (κ1) is 18.3. The minimum absolute atomic E-state index is 0.106. The van der Waals surface area contributed by atoms with Crippen LogP contribution >= 0.6 is 11.6 Å². The van der Waals surface area contributed by atoms with Crippen LogP contribution < -0.4 is 20.1 Å². The molecular weight excluding hydrogens is 350 g/mol. The molecule has 0 heterocycles. The van der Waals surface area contributed by atoms with Crippen molar-refractivity contribution in [3.63, 3.8) is 0 Å². The van der Waals surface area contributed by atoms with Crippen LogP contribution in [0.15, 0.2) is 36.4 Å². The van der Waals surface area contributed by atoms with Crippen molar-refractivity contribution in [3.8, 4) is 11.5 Å². The minimum atomic E-state index is -0.524. The number of hydrogen-bond acceptors (Lipinski definition) is 6. The van der Waals surface area contributed by atoms with Crippen LogP contribution in [0.1, 0.15) is 0 Å². The fourth-order valence-corrected chi connectivity index (χ4v) is 2.33. The van der Waals surface area contributed by atoms with E-state index in [4.69, 9.17) is 21.1 Å². The first-order valence-electron chi connectivity index (χ1n) is 7.14. The van der Waals surface area contributed by atoms with Crippen molar-refractivity contribution in [2.45, 2.75) is 0 Å². The largest absolute Gasteiger partial charge is 0.495 e. The highest BCUT2D eigenvalue weighted by Crippen LogP contribution is 2.29. The highest BCUT2D eigenvalue weighted by Gasteiger charge is 2.12. The molecule has 0 atom stereocenters. The van der Waals surface area contributed by atoms with E-state index in [0.29, 0.717) is 27.9 Å². The molecule has 0 unspecified atom stereocenters. The molecule has 0 saturated heterocycles. The first-order valence-corrected chi connectivity index (χ1v) is 7.52. The lowest BCUT2D eigenvalue weighted by Gasteiger charge is -2.12. The topological polar surface area (TPSA) is 103 Å². The van der Waals surface area contributed by atoms with Crippen molar-refractivity contribution < 1.29 is 19.2 Å². The molecule has 0 fully saturated rings. The number of non-ortho nitro benzene ring substituents is 1. The van der Waals surface area contributed by atoms with Crippen molar-refractivity contribution in [1.82, 2.24) is 0 Å². The second kappa shape index (κ2) is 8.20. The Kier molecular flexibility index (Phi) is 6.02. The maximum absolute atomic E-state index is 12.0. The average molecular weight is 366 g/mol. The Bertz CT molecular complexity index is 797. The Hall–Kier alpha value is -3.00. The summed E-state index contributed by atoms with van der Waals surface area (Å²) in [5, 5.41) is 16.7. The maximum atomic E-state index is 12.0. The van der Waals surface area contributed by atoms with Crippen LogP contribution in [-0.2, 0) is 4.79 Å². The quantitative estimate of drug-likeness (QED) is 0.576. The van der Waals surface area contributed by atoms with E-state index in [1.165, 1.54) is 32.4 Å². The summed E-state index contributed by atoms with van der Waals surface area (Å²) in [7, 11) is 2.93. The third kappa shape index (κ3) is 4.74. The van der Waals surface area contributed by atoms with Crippen LogP contribution in [0.25, 0.3) is 0 Å². The number of nitrogens with zero attached hydrogens (tertiary/aromatic N) is 1. The van der Waals surface area contributed by atoms with E-state index < -0.39 is 4.92 Å². The third-order valence-electron chi connectivity index (χ3n) is 3.27. The molecule has 0 aliphatic rings. The van der Waals surface area contributed by atoms with Gasteiger partial charge in [-0.2, -0.15) is 0 Å². The van der Waals surface area contributed by atoms with Gasteiger partial charge in [0.2, 0.25) is 5.91 Å². The number of anilines is 2. The van der Waals surface area contributed by atoms with Gasteiger partial charge in [0, 0.05) is 17.8 Å². The number of benzene rings is 2. The highest BCUT2D eigenvalue weighted by atomic mass is 35.5. The van der Waals surface area contributed by atoms with Crippen LogP contribution in [0.3, 0.4) is 0 Å². The van der Waals surface area contributed by atoms with Crippen molar-refractivity contribution in [1.29, 1.82) is 0 Å². The number of nitro benzene ring substituents is 1. The standard InChI is InChI=1S/C16H16ClN3O5/c1-24-14-5-3-10(7-12(14)17)19-16(21)9-18-13-8-11(20(22)23)4-6-15(13)25-2/h3-8,18H,9H2,1-2H3,(H,19,21). The van der Waals surface area contributed by atoms with E-state index in [2.05, 4.69) is 10.6 Å². The molecule has 2 N–H and O–H groups in total. The zero-order valence-corrected chi connectivity index (χ0v) is 14.3. The molecule has 2 rings (SSSR count). The Balaban J connectivity index is 2.03. The molecule has 0 saturated carbocycles. The Morgan fingerprint density at radius 3 is 2.44 bits per heavy atom. The summed E-state index contributed by atoms with van der Waals surface area (Å²) in [5.41, 5.74) is 0.744. The fraction of sp³-hybridized carbons (Fsp3) is 0.188. The smallest absolute Gasteiger partial charge is 0.271 e. The predicted molar refractivity (Wildman–Crippen MR) is 94.8 cm³/mol. The van der Waals surface area contributed by atoms with Crippen LogP contribution in [0.5, 0.6) is 11.5 Å². The molecule has 2 aromatic rings. The molecule has 0 radical (unpaired) electrons. The van der Waals surface area contributed by atoms with Gasteiger partial charge in [-0.05, 0) is 24.3 Å². The summed E-state index contributed by atoms with van der Waals surface area (Å²) in [6, 6.07) is 8.93. The van der Waals surface area contributed by atoms with Crippen molar-refractivity contribution in [2.24, 2.45) is 0 Å². The number of carbonyl (C=O) groups excluding carboxylic acids is 1. The Morgan fingerprint density at radius 1 is 1.16 bits per heavy atom. The molecule has 8 nitrogen and oxygen atoms in total. The van der Waals surface area contributed by atoms with Gasteiger partial charge < -0.3 is 20.1 Å². The van der Waals surface area contributed by atoms with Crippen LogP contribution in [-0.4, -0.2) is 31.6 Å². The zero-order chi connectivity index (χ0) is 18.4. The molecule has 25 heavy (non-hydrogen) atoms. The Morgan fingerprint density at radius 2 is 1.84 bits per heavy atom. The van der Waals surface area contributed by atoms with E-state index in [9.17, 15) is 14.9 Å². The SMILES string of the molecule is COc1ccc(NC(=O)CNc2cc([N+](=O)[O-])ccc2OC)cc1Cl. The molecule has 9 heteroatoms. The number of methoxy groups -OCH3 is 2. The van der Waals surface area contributed by atoms with Gasteiger partial charge in [0.1, 0.15) is 11.5 Å². The summed E-state index contributed by atoms with van der Waals surface area (Å²) in [6.45, 7) is -0.110. The minimum Gasteiger partial charge on any atom is -0.495 e. The summed E-state index contributed by atoms with van der Waals surface area (Å²) < 4.78 is 10.2. The van der Waals surface area contributed by atoms with E-state index >= 15 is 0 Å². The fourth-order valence-electron chi connectivity index (χ4n) is 2.07. The normalized spacial score (nSPS) is 10.0. The van der Waals surface area contributed by atoms with Crippen LogP contribution in [0.2, 0.25) is 5.02 Å². The van der Waals surface area contributed by atoms with E-state index in [1.807, 2.05) is 0 Å². The molecule has 0 spiro atoms. The maximum Gasteiger partial charge on any atom is 0.271 e. The zero-order valence-electron chi connectivity index (χ0n) is 13.5. The van der Waals surface area contributed by atoms with Gasteiger partial charge in [0.25, 0.3) is 5.69 Å².